The molecule has 0 radical (unpaired) electrons. The number of hydrogen-bond acceptors (Lipinski definition) is 6. The summed E-state index contributed by atoms with van der Waals surface area (Å²) in [6.07, 6.45) is 55.2. The molecule has 0 aromatic heterocycles. The third kappa shape index (κ3) is 50.1. The van der Waals surface area contributed by atoms with Crippen LogP contribution in [0.15, 0.2) is 0 Å². The van der Waals surface area contributed by atoms with Gasteiger partial charge in [0.25, 0.3) is 0 Å². The van der Waals surface area contributed by atoms with Crippen LogP contribution in [0.5, 0.6) is 0 Å². The first-order valence-corrected chi connectivity index (χ1v) is 29.3. The van der Waals surface area contributed by atoms with Gasteiger partial charge in [0.05, 0.1) is 0 Å². The molecule has 0 aliphatic rings. The summed E-state index contributed by atoms with van der Waals surface area (Å²) in [5.74, 6) is 0.916. The third-order valence-corrected chi connectivity index (χ3v) is 14.2. The van der Waals surface area contributed by atoms with Crippen molar-refractivity contribution in [2.24, 2.45) is 11.8 Å². The van der Waals surface area contributed by atoms with E-state index in [1.807, 2.05) is 0 Å². The zero-order chi connectivity index (χ0) is 47.5. The lowest BCUT2D eigenvalue weighted by atomic mass is 9.99. The Balaban J connectivity index is 4.24. The minimum atomic E-state index is -0.763. The normalized spacial score (nSPS) is 12.9. The second kappa shape index (κ2) is 51.8. The average Bonchev–Trinajstić information content (AvgIpc) is 3.30. The van der Waals surface area contributed by atoms with Crippen LogP contribution in [0.3, 0.4) is 0 Å². The van der Waals surface area contributed by atoms with Crippen LogP contribution in [0, 0.1) is 11.8 Å². The van der Waals surface area contributed by atoms with Crippen LogP contribution >= 0.6 is 0 Å². The molecule has 6 heteroatoms. The lowest BCUT2D eigenvalue weighted by molar-refractivity contribution is -0.167. The van der Waals surface area contributed by atoms with Crippen molar-refractivity contribution in [3.63, 3.8) is 0 Å². The first-order valence-electron chi connectivity index (χ1n) is 29.3. The molecule has 2 unspecified atom stereocenters. The van der Waals surface area contributed by atoms with E-state index >= 15 is 0 Å². The van der Waals surface area contributed by atoms with E-state index in [4.69, 9.17) is 14.2 Å². The maximum Gasteiger partial charge on any atom is 0.306 e. The lowest BCUT2D eigenvalue weighted by Crippen LogP contribution is -2.30. The SMILES string of the molecule is CCCCCCCCCCCCCCCC(=O)OC[C@H](COC(=O)CCCCCCCCCCC(C)CC)OC(=O)CCCCCCCCCCCCCCCCCCCCC(C)CC. The van der Waals surface area contributed by atoms with Gasteiger partial charge in [0.2, 0.25) is 0 Å². The number of hydrogen-bond donors (Lipinski definition) is 0. The van der Waals surface area contributed by atoms with Gasteiger partial charge in [0.1, 0.15) is 13.2 Å². The molecular weight excluding hydrogens is 805 g/mol. The van der Waals surface area contributed by atoms with Crippen molar-refractivity contribution in [3.05, 3.63) is 0 Å². The molecule has 6 nitrogen and oxygen atoms in total. The molecule has 0 aliphatic heterocycles. The minimum absolute atomic E-state index is 0.0630. The molecular formula is C59H114O6. The van der Waals surface area contributed by atoms with Crippen LogP contribution in [-0.4, -0.2) is 37.2 Å². The van der Waals surface area contributed by atoms with Crippen LogP contribution in [0.4, 0.5) is 0 Å². The Hall–Kier alpha value is -1.59. The van der Waals surface area contributed by atoms with Crippen LogP contribution in [-0.2, 0) is 28.6 Å². The Bertz CT molecular complexity index is 997. The summed E-state index contributed by atoms with van der Waals surface area (Å²) in [4.78, 5) is 38.1. The second-order valence-electron chi connectivity index (χ2n) is 20.8. The number of carbonyl (C=O) groups excluding carboxylic acids is 3. The quantitative estimate of drug-likeness (QED) is 0.0344. The summed E-state index contributed by atoms with van der Waals surface area (Å²) in [5.41, 5.74) is 0. The van der Waals surface area contributed by atoms with Gasteiger partial charge < -0.3 is 14.2 Å². The average molecular weight is 920 g/mol. The van der Waals surface area contributed by atoms with Crippen LogP contribution in [0.1, 0.15) is 330 Å². The predicted molar refractivity (Wildman–Crippen MR) is 280 cm³/mol. The van der Waals surface area contributed by atoms with Crippen molar-refractivity contribution in [2.75, 3.05) is 13.2 Å². The van der Waals surface area contributed by atoms with Crippen molar-refractivity contribution in [1.29, 1.82) is 0 Å². The van der Waals surface area contributed by atoms with Gasteiger partial charge in [-0.1, -0.05) is 291 Å². The molecule has 0 rings (SSSR count). The number of unbranched alkanes of at least 4 members (excludes halogenated alkanes) is 36. The molecule has 0 bridgehead atoms. The Morgan fingerprint density at radius 1 is 0.308 bits per heavy atom. The van der Waals surface area contributed by atoms with Crippen LogP contribution in [0.2, 0.25) is 0 Å². The van der Waals surface area contributed by atoms with Crippen molar-refractivity contribution in [2.45, 2.75) is 336 Å². The Kier molecular flexibility index (Phi) is 50.5. The van der Waals surface area contributed by atoms with E-state index in [1.165, 1.54) is 218 Å². The van der Waals surface area contributed by atoms with Crippen LogP contribution in [0.25, 0.3) is 0 Å². The van der Waals surface area contributed by atoms with Crippen molar-refractivity contribution >= 4 is 17.9 Å². The third-order valence-electron chi connectivity index (χ3n) is 14.2. The monoisotopic (exact) mass is 919 g/mol. The summed E-state index contributed by atoms with van der Waals surface area (Å²) in [6.45, 7) is 11.5. The van der Waals surface area contributed by atoms with E-state index < -0.39 is 6.10 Å². The molecule has 0 aromatic carbocycles. The lowest BCUT2D eigenvalue weighted by Gasteiger charge is -2.18. The largest absolute Gasteiger partial charge is 0.462 e. The first kappa shape index (κ1) is 63.4. The van der Waals surface area contributed by atoms with Gasteiger partial charge in [-0.15, -0.1) is 0 Å². The molecule has 0 aromatic rings. The molecule has 386 valence electrons. The predicted octanol–water partition coefficient (Wildman–Crippen LogP) is 19.3. The van der Waals surface area contributed by atoms with E-state index in [0.717, 1.165) is 69.6 Å². The summed E-state index contributed by atoms with van der Waals surface area (Å²) in [5, 5.41) is 0. The second-order valence-corrected chi connectivity index (χ2v) is 20.8. The van der Waals surface area contributed by atoms with Crippen molar-refractivity contribution < 1.29 is 28.6 Å². The summed E-state index contributed by atoms with van der Waals surface area (Å²) in [7, 11) is 0. The van der Waals surface area contributed by atoms with E-state index in [9.17, 15) is 14.4 Å². The highest BCUT2D eigenvalue weighted by Gasteiger charge is 2.19. The van der Waals surface area contributed by atoms with E-state index in [0.29, 0.717) is 19.3 Å². The molecule has 0 fully saturated rings. The highest BCUT2D eigenvalue weighted by molar-refractivity contribution is 5.71. The zero-order valence-electron chi connectivity index (χ0n) is 44.6. The first-order chi connectivity index (χ1) is 31.8. The highest BCUT2D eigenvalue weighted by atomic mass is 16.6. The molecule has 65 heavy (non-hydrogen) atoms. The van der Waals surface area contributed by atoms with Crippen molar-refractivity contribution in [3.8, 4) is 0 Å². The molecule has 0 saturated heterocycles. The standard InChI is InChI=1S/C59H114O6/c1-6-9-10-11-12-13-14-21-25-28-34-39-44-49-57(60)63-52-56(53-64-58(61)50-45-40-35-31-30-33-38-43-48-55(5)8-3)65-59(62)51-46-41-36-29-26-23-20-18-16-15-17-19-22-24-27-32-37-42-47-54(4)7-2/h54-56H,6-53H2,1-5H3/t54?,55?,56-/m1/s1. The topological polar surface area (TPSA) is 78.9 Å². The molecule has 0 saturated carbocycles. The van der Waals surface area contributed by atoms with Gasteiger partial charge in [-0.2, -0.15) is 0 Å². The van der Waals surface area contributed by atoms with E-state index in [1.54, 1.807) is 0 Å². The smallest absolute Gasteiger partial charge is 0.306 e. The van der Waals surface area contributed by atoms with Gasteiger partial charge in [-0.25, -0.2) is 0 Å². The molecule has 0 heterocycles. The fraction of sp³-hybridized carbons (Fsp3) is 0.949. The van der Waals surface area contributed by atoms with Gasteiger partial charge in [0.15, 0.2) is 6.10 Å². The summed E-state index contributed by atoms with van der Waals surface area (Å²) in [6, 6.07) is 0. The van der Waals surface area contributed by atoms with Gasteiger partial charge in [-0.05, 0) is 31.1 Å². The molecule has 0 amide bonds. The fourth-order valence-corrected chi connectivity index (χ4v) is 8.99. The Morgan fingerprint density at radius 3 is 0.800 bits per heavy atom. The number of esters is 3. The maximum atomic E-state index is 12.9. The Labute approximate surface area is 406 Å². The Morgan fingerprint density at radius 2 is 0.538 bits per heavy atom. The number of rotatable bonds is 53. The zero-order valence-corrected chi connectivity index (χ0v) is 44.6. The van der Waals surface area contributed by atoms with E-state index in [-0.39, 0.29) is 31.1 Å². The van der Waals surface area contributed by atoms with E-state index in [2.05, 4.69) is 34.6 Å². The van der Waals surface area contributed by atoms with Gasteiger partial charge in [0, 0.05) is 19.3 Å². The fourth-order valence-electron chi connectivity index (χ4n) is 8.99. The molecule has 3 atom stereocenters. The van der Waals surface area contributed by atoms with Gasteiger partial charge in [-0.3, -0.25) is 14.4 Å². The highest BCUT2D eigenvalue weighted by Crippen LogP contribution is 2.19. The summed E-state index contributed by atoms with van der Waals surface area (Å²) < 4.78 is 16.9. The number of ether oxygens (including phenoxy) is 3. The maximum absolute atomic E-state index is 12.9. The van der Waals surface area contributed by atoms with Gasteiger partial charge >= 0.3 is 17.9 Å². The number of carbonyl (C=O) groups is 3. The minimum Gasteiger partial charge on any atom is -0.462 e. The van der Waals surface area contributed by atoms with Crippen LogP contribution < -0.4 is 0 Å². The molecule has 0 aliphatic carbocycles. The van der Waals surface area contributed by atoms with Crippen molar-refractivity contribution in [1.82, 2.24) is 0 Å². The molecule has 0 spiro atoms. The molecule has 0 N–H and O–H groups in total. The summed E-state index contributed by atoms with van der Waals surface area (Å²) >= 11 is 0.